The van der Waals surface area contributed by atoms with Gasteiger partial charge in [0.05, 0.1) is 5.69 Å². The summed E-state index contributed by atoms with van der Waals surface area (Å²) in [6.45, 7) is 3.26. The number of hydrogen-bond donors (Lipinski definition) is 1. The maximum absolute atomic E-state index is 11.2. The molecule has 1 saturated heterocycles. The van der Waals surface area contributed by atoms with Gasteiger partial charge in [0.15, 0.2) is 0 Å². The molecule has 94 valence electrons. The van der Waals surface area contributed by atoms with E-state index < -0.39 is 5.97 Å². The molecule has 0 saturated carbocycles. The smallest absolute Gasteiger partial charge is 0.340 e. The fraction of sp³-hybridized carbons (Fsp3) is 0.636. The Morgan fingerprint density at radius 3 is 2.76 bits per heavy atom. The highest BCUT2D eigenvalue weighted by Gasteiger charge is 2.24. The van der Waals surface area contributed by atoms with E-state index in [-0.39, 0.29) is 0 Å². The van der Waals surface area contributed by atoms with E-state index in [9.17, 15) is 9.90 Å². The summed E-state index contributed by atoms with van der Waals surface area (Å²) in [5.74, 6) is -0.898. The minimum Gasteiger partial charge on any atom is -0.478 e. The summed E-state index contributed by atoms with van der Waals surface area (Å²) in [5.41, 5.74) is 0.915. The van der Waals surface area contributed by atoms with Crippen LogP contribution < -0.4 is 0 Å². The van der Waals surface area contributed by atoms with Crippen molar-refractivity contribution < 1.29 is 14.6 Å². The molecule has 1 aromatic rings. The van der Waals surface area contributed by atoms with Gasteiger partial charge in [-0.15, -0.1) is 11.8 Å². The zero-order chi connectivity index (χ0) is 12.4. The first-order valence-corrected chi connectivity index (χ1v) is 6.49. The quantitative estimate of drug-likeness (QED) is 0.891. The lowest BCUT2D eigenvalue weighted by Gasteiger charge is -2.21. The summed E-state index contributed by atoms with van der Waals surface area (Å²) in [4.78, 5) is 11.2. The Morgan fingerprint density at radius 1 is 1.53 bits per heavy atom. The van der Waals surface area contributed by atoms with Crippen LogP contribution in [0.25, 0.3) is 0 Å². The third-order valence-corrected chi connectivity index (χ3v) is 4.33. The largest absolute Gasteiger partial charge is 0.478 e. The number of thioether (sulfide) groups is 1. The summed E-state index contributed by atoms with van der Waals surface area (Å²) in [7, 11) is 1.79. The molecule has 0 radical (unpaired) electrons. The fourth-order valence-electron chi connectivity index (χ4n) is 1.97. The molecule has 6 heteroatoms. The maximum atomic E-state index is 11.2. The number of carboxylic acids is 1. The van der Waals surface area contributed by atoms with E-state index in [1.807, 2.05) is 0 Å². The molecule has 2 rings (SSSR count). The molecule has 0 amide bonds. The first kappa shape index (κ1) is 12.4. The van der Waals surface area contributed by atoms with Crippen LogP contribution in [0.2, 0.25) is 0 Å². The molecule has 5 nitrogen and oxygen atoms in total. The second-order valence-corrected chi connectivity index (χ2v) is 5.41. The van der Waals surface area contributed by atoms with Crippen LogP contribution in [0.1, 0.15) is 28.9 Å². The molecule has 1 fully saturated rings. The van der Waals surface area contributed by atoms with E-state index in [0.717, 1.165) is 31.1 Å². The highest BCUT2D eigenvalue weighted by Crippen LogP contribution is 2.32. The number of ether oxygens (including phenoxy) is 1. The Balaban J connectivity index is 2.21. The standard InChI is InChI=1S/C11H16N2O3S/c1-7-9(11(14)15)10(13(2)12-7)17-8-3-5-16-6-4-8/h8H,3-6H2,1-2H3,(H,14,15). The van der Waals surface area contributed by atoms with Crippen LogP contribution in [0, 0.1) is 6.92 Å². The zero-order valence-electron chi connectivity index (χ0n) is 9.97. The van der Waals surface area contributed by atoms with Crippen molar-refractivity contribution in [2.24, 2.45) is 7.05 Å². The number of aromatic nitrogens is 2. The van der Waals surface area contributed by atoms with Crippen molar-refractivity contribution in [2.75, 3.05) is 13.2 Å². The molecule has 1 N–H and O–H groups in total. The molecule has 0 bridgehead atoms. The predicted molar refractivity (Wildman–Crippen MR) is 64.6 cm³/mol. The van der Waals surface area contributed by atoms with Gasteiger partial charge in [-0.25, -0.2) is 4.79 Å². The lowest BCUT2D eigenvalue weighted by molar-refractivity contribution is 0.0692. The van der Waals surface area contributed by atoms with E-state index in [0.29, 0.717) is 16.5 Å². The van der Waals surface area contributed by atoms with E-state index in [1.165, 1.54) is 0 Å². The third-order valence-electron chi connectivity index (χ3n) is 2.83. The van der Waals surface area contributed by atoms with E-state index in [4.69, 9.17) is 4.74 Å². The van der Waals surface area contributed by atoms with Crippen molar-refractivity contribution in [3.05, 3.63) is 11.3 Å². The Hall–Kier alpha value is -1.01. The number of carboxylic acid groups (broad SMARTS) is 1. The van der Waals surface area contributed by atoms with Gasteiger partial charge in [-0.3, -0.25) is 4.68 Å². The molecule has 1 aromatic heterocycles. The van der Waals surface area contributed by atoms with Crippen molar-refractivity contribution in [1.82, 2.24) is 9.78 Å². The monoisotopic (exact) mass is 256 g/mol. The number of hydrogen-bond acceptors (Lipinski definition) is 4. The van der Waals surface area contributed by atoms with E-state index in [1.54, 1.807) is 30.4 Å². The Kier molecular flexibility index (Phi) is 3.73. The van der Waals surface area contributed by atoms with Crippen molar-refractivity contribution in [2.45, 2.75) is 30.0 Å². The second kappa shape index (κ2) is 5.10. The molecule has 1 aliphatic rings. The van der Waals surface area contributed by atoms with Gasteiger partial charge in [0.25, 0.3) is 0 Å². The average molecular weight is 256 g/mol. The van der Waals surface area contributed by atoms with Crippen LogP contribution in [0.15, 0.2) is 5.03 Å². The van der Waals surface area contributed by atoms with Crippen LogP contribution in [-0.2, 0) is 11.8 Å². The summed E-state index contributed by atoms with van der Waals surface area (Å²) < 4.78 is 6.96. The van der Waals surface area contributed by atoms with Crippen molar-refractivity contribution >= 4 is 17.7 Å². The second-order valence-electron chi connectivity index (χ2n) is 4.12. The average Bonchev–Trinajstić information content (AvgIpc) is 2.55. The number of rotatable bonds is 3. The number of nitrogens with zero attached hydrogens (tertiary/aromatic N) is 2. The number of carbonyl (C=O) groups is 1. The van der Waals surface area contributed by atoms with Gasteiger partial charge in [-0.1, -0.05) is 0 Å². The number of aromatic carboxylic acids is 1. The summed E-state index contributed by atoms with van der Waals surface area (Å²) in [6.07, 6.45) is 1.93. The summed E-state index contributed by atoms with van der Waals surface area (Å²) in [6, 6.07) is 0. The molecule has 1 aliphatic heterocycles. The molecule has 17 heavy (non-hydrogen) atoms. The predicted octanol–water partition coefficient (Wildman–Crippen LogP) is 1.70. The molecule has 0 aromatic carbocycles. The van der Waals surface area contributed by atoms with Crippen LogP contribution in [0.4, 0.5) is 0 Å². The number of aryl methyl sites for hydroxylation is 2. The molecule has 0 atom stereocenters. The Morgan fingerprint density at radius 2 is 2.18 bits per heavy atom. The minimum atomic E-state index is -0.898. The minimum absolute atomic E-state index is 0.337. The van der Waals surface area contributed by atoms with Crippen molar-refractivity contribution in [1.29, 1.82) is 0 Å². The molecular weight excluding hydrogens is 240 g/mol. The van der Waals surface area contributed by atoms with Crippen molar-refractivity contribution in [3.63, 3.8) is 0 Å². The molecule has 0 spiro atoms. The normalized spacial score (nSPS) is 17.3. The third kappa shape index (κ3) is 2.63. The van der Waals surface area contributed by atoms with Crippen LogP contribution >= 0.6 is 11.8 Å². The van der Waals surface area contributed by atoms with Gasteiger partial charge >= 0.3 is 5.97 Å². The van der Waals surface area contributed by atoms with Gasteiger partial charge < -0.3 is 9.84 Å². The van der Waals surface area contributed by atoms with Gasteiger partial charge in [0.2, 0.25) is 0 Å². The van der Waals surface area contributed by atoms with Gasteiger partial charge in [0.1, 0.15) is 10.6 Å². The van der Waals surface area contributed by atoms with Gasteiger partial charge in [0, 0.05) is 25.5 Å². The summed E-state index contributed by atoms with van der Waals surface area (Å²) in [5, 5.41) is 14.6. The lowest BCUT2D eigenvalue weighted by atomic mass is 10.2. The van der Waals surface area contributed by atoms with Crippen molar-refractivity contribution in [3.8, 4) is 0 Å². The topological polar surface area (TPSA) is 64.4 Å². The van der Waals surface area contributed by atoms with Crippen LogP contribution in [0.5, 0.6) is 0 Å². The van der Waals surface area contributed by atoms with E-state index in [2.05, 4.69) is 5.10 Å². The maximum Gasteiger partial charge on any atom is 0.340 e. The van der Waals surface area contributed by atoms with Crippen LogP contribution in [0.3, 0.4) is 0 Å². The lowest BCUT2D eigenvalue weighted by Crippen LogP contribution is -2.18. The molecule has 2 heterocycles. The van der Waals surface area contributed by atoms with E-state index >= 15 is 0 Å². The zero-order valence-corrected chi connectivity index (χ0v) is 10.8. The molecular formula is C11H16N2O3S. The van der Waals surface area contributed by atoms with Crippen LogP contribution in [-0.4, -0.2) is 39.3 Å². The highest BCUT2D eigenvalue weighted by atomic mass is 32.2. The first-order valence-electron chi connectivity index (χ1n) is 5.61. The molecule has 0 unspecified atom stereocenters. The Labute approximate surface area is 104 Å². The summed E-state index contributed by atoms with van der Waals surface area (Å²) >= 11 is 1.61. The van der Waals surface area contributed by atoms with Gasteiger partial charge in [-0.05, 0) is 19.8 Å². The molecule has 0 aliphatic carbocycles. The fourth-order valence-corrected chi connectivity index (χ4v) is 3.26. The Bertz CT molecular complexity index is 425. The first-order chi connectivity index (χ1) is 8.09. The van der Waals surface area contributed by atoms with Gasteiger partial charge in [-0.2, -0.15) is 5.10 Å². The SMILES string of the molecule is Cc1nn(C)c(SC2CCOCC2)c1C(=O)O. The highest BCUT2D eigenvalue weighted by molar-refractivity contribution is 8.00.